The third kappa shape index (κ3) is 6.37. The van der Waals surface area contributed by atoms with Gasteiger partial charge in [0.2, 0.25) is 0 Å². The van der Waals surface area contributed by atoms with E-state index in [4.69, 9.17) is 0 Å². The van der Waals surface area contributed by atoms with Crippen molar-refractivity contribution in [2.75, 3.05) is 18.9 Å². The predicted molar refractivity (Wildman–Crippen MR) is 134 cm³/mol. The SMILES string of the molecule is CC(C)CN(C)Cc1cc(Nc2ccc(C(F)F)cc2)c2ccc(-c3ncccc3C(F)(F)F)nc2n1. The topological polar surface area (TPSA) is 53.9 Å². The van der Waals surface area contributed by atoms with E-state index in [1.807, 2.05) is 13.1 Å². The summed E-state index contributed by atoms with van der Waals surface area (Å²) >= 11 is 0. The second kappa shape index (κ2) is 10.8. The van der Waals surface area contributed by atoms with Crippen LogP contribution in [0.15, 0.2) is 60.8 Å². The van der Waals surface area contributed by atoms with Crippen molar-refractivity contribution in [3.63, 3.8) is 0 Å². The summed E-state index contributed by atoms with van der Waals surface area (Å²) in [6.07, 6.45) is -5.88. The first-order chi connectivity index (χ1) is 17.5. The average Bonchev–Trinajstić information content (AvgIpc) is 2.83. The van der Waals surface area contributed by atoms with E-state index in [0.717, 1.165) is 12.6 Å². The largest absolute Gasteiger partial charge is 0.418 e. The fourth-order valence-corrected chi connectivity index (χ4v) is 4.14. The Labute approximate surface area is 211 Å². The van der Waals surface area contributed by atoms with E-state index in [-0.39, 0.29) is 22.6 Å². The molecule has 0 aliphatic heterocycles. The van der Waals surface area contributed by atoms with Gasteiger partial charge in [0.15, 0.2) is 5.65 Å². The molecule has 4 aromatic rings. The minimum atomic E-state index is -4.59. The lowest BCUT2D eigenvalue weighted by atomic mass is 10.1. The maximum atomic E-state index is 13.6. The number of nitrogens with one attached hydrogen (secondary N) is 1. The highest BCUT2D eigenvalue weighted by Gasteiger charge is 2.34. The lowest BCUT2D eigenvalue weighted by molar-refractivity contribution is -0.137. The number of hydrogen-bond acceptors (Lipinski definition) is 5. The van der Waals surface area contributed by atoms with Gasteiger partial charge in [-0.15, -0.1) is 0 Å². The number of pyridine rings is 3. The molecule has 0 saturated heterocycles. The van der Waals surface area contributed by atoms with E-state index in [0.29, 0.717) is 34.9 Å². The van der Waals surface area contributed by atoms with Crippen LogP contribution in [-0.4, -0.2) is 33.4 Å². The Kier molecular flexibility index (Phi) is 7.68. The van der Waals surface area contributed by atoms with Crippen molar-refractivity contribution < 1.29 is 22.0 Å². The fourth-order valence-electron chi connectivity index (χ4n) is 4.14. The third-order valence-electron chi connectivity index (χ3n) is 5.63. The Balaban J connectivity index is 1.79. The summed E-state index contributed by atoms with van der Waals surface area (Å²) < 4.78 is 66.7. The van der Waals surface area contributed by atoms with E-state index in [1.54, 1.807) is 18.2 Å². The predicted octanol–water partition coefficient (Wildman–Crippen LogP) is 7.48. The van der Waals surface area contributed by atoms with E-state index in [9.17, 15) is 22.0 Å². The Morgan fingerprint density at radius 2 is 1.70 bits per heavy atom. The van der Waals surface area contributed by atoms with Gasteiger partial charge in [-0.25, -0.2) is 18.7 Å². The molecule has 0 spiro atoms. The highest BCUT2D eigenvalue weighted by molar-refractivity contribution is 5.92. The van der Waals surface area contributed by atoms with Crippen LogP contribution in [0.25, 0.3) is 22.4 Å². The average molecular weight is 516 g/mol. The van der Waals surface area contributed by atoms with Crippen LogP contribution in [0.5, 0.6) is 0 Å². The molecule has 10 heteroatoms. The lowest BCUT2D eigenvalue weighted by Gasteiger charge is -2.20. The molecule has 1 aromatic carbocycles. The van der Waals surface area contributed by atoms with Crippen molar-refractivity contribution in [1.29, 1.82) is 0 Å². The van der Waals surface area contributed by atoms with Crippen LogP contribution in [0.2, 0.25) is 0 Å². The molecule has 0 saturated carbocycles. The number of rotatable bonds is 8. The number of anilines is 2. The minimum absolute atomic E-state index is 0.0489. The third-order valence-corrected chi connectivity index (χ3v) is 5.63. The van der Waals surface area contributed by atoms with Gasteiger partial charge in [-0.3, -0.25) is 4.98 Å². The fraction of sp³-hybridized carbons (Fsp3) is 0.296. The monoisotopic (exact) mass is 515 g/mol. The first-order valence-corrected chi connectivity index (χ1v) is 11.7. The summed E-state index contributed by atoms with van der Waals surface area (Å²) in [5.74, 6) is 0.422. The van der Waals surface area contributed by atoms with Crippen LogP contribution >= 0.6 is 0 Å². The van der Waals surface area contributed by atoms with Gasteiger partial charge < -0.3 is 10.2 Å². The van der Waals surface area contributed by atoms with E-state index in [2.05, 4.69) is 39.0 Å². The zero-order chi connectivity index (χ0) is 26.7. The number of nitrogens with zero attached hydrogens (tertiary/aromatic N) is 4. The van der Waals surface area contributed by atoms with Crippen molar-refractivity contribution in [3.05, 3.63) is 77.6 Å². The molecular weight excluding hydrogens is 489 g/mol. The second-order valence-electron chi connectivity index (χ2n) is 9.26. The van der Waals surface area contributed by atoms with Gasteiger partial charge in [0.1, 0.15) is 5.69 Å². The molecule has 0 amide bonds. The van der Waals surface area contributed by atoms with Gasteiger partial charge in [0, 0.05) is 35.9 Å². The first kappa shape index (κ1) is 26.4. The Hall–Kier alpha value is -3.66. The minimum Gasteiger partial charge on any atom is -0.355 e. The molecule has 0 radical (unpaired) electrons. The highest BCUT2D eigenvalue weighted by atomic mass is 19.4. The standard InChI is InChI=1S/C27H26F5N5/c1-16(2)14-37(3)15-19-13-23(34-18-8-6-17(7-9-18)25(28)29)20-10-11-22(36-26(20)35-19)24-21(27(30,31)32)5-4-12-33-24/h4-13,16,25H,14-15H2,1-3H3,(H,34,35,36). The summed E-state index contributed by atoms with van der Waals surface area (Å²) in [6.45, 7) is 5.49. The van der Waals surface area contributed by atoms with Crippen molar-refractivity contribution >= 4 is 22.4 Å². The van der Waals surface area contributed by atoms with Gasteiger partial charge in [-0.2, -0.15) is 13.2 Å². The van der Waals surface area contributed by atoms with E-state index >= 15 is 0 Å². The number of fused-ring (bicyclic) bond motifs is 1. The molecule has 37 heavy (non-hydrogen) atoms. The number of hydrogen-bond donors (Lipinski definition) is 1. The van der Waals surface area contributed by atoms with Crippen molar-refractivity contribution in [2.45, 2.75) is 33.0 Å². The number of alkyl halides is 5. The summed E-state index contributed by atoms with van der Waals surface area (Å²) in [5, 5.41) is 3.79. The van der Waals surface area contributed by atoms with Crippen molar-refractivity contribution in [1.82, 2.24) is 19.9 Å². The molecule has 0 bridgehead atoms. The molecule has 0 aliphatic carbocycles. The molecule has 3 aromatic heterocycles. The second-order valence-corrected chi connectivity index (χ2v) is 9.26. The summed E-state index contributed by atoms with van der Waals surface area (Å²) in [5.41, 5.74) is 0.884. The lowest BCUT2D eigenvalue weighted by Crippen LogP contribution is -2.23. The maximum Gasteiger partial charge on any atom is 0.418 e. The summed E-state index contributed by atoms with van der Waals surface area (Å²) in [4.78, 5) is 15.1. The molecule has 4 rings (SSSR count). The number of halogens is 5. The van der Waals surface area contributed by atoms with Crippen LogP contribution in [-0.2, 0) is 12.7 Å². The summed E-state index contributed by atoms with van der Waals surface area (Å²) in [6, 6.07) is 12.9. The summed E-state index contributed by atoms with van der Waals surface area (Å²) in [7, 11) is 1.95. The van der Waals surface area contributed by atoms with Gasteiger partial charge in [-0.1, -0.05) is 26.0 Å². The smallest absolute Gasteiger partial charge is 0.355 e. The Bertz CT molecular complexity index is 1370. The van der Waals surface area contributed by atoms with Crippen LogP contribution in [0.4, 0.5) is 33.3 Å². The van der Waals surface area contributed by atoms with Gasteiger partial charge >= 0.3 is 6.18 Å². The quantitative estimate of drug-likeness (QED) is 0.247. The van der Waals surface area contributed by atoms with Gasteiger partial charge in [-0.05, 0) is 55.4 Å². The molecule has 0 atom stereocenters. The van der Waals surface area contributed by atoms with Crippen LogP contribution in [0.3, 0.4) is 0 Å². The van der Waals surface area contributed by atoms with E-state index < -0.39 is 18.2 Å². The zero-order valence-corrected chi connectivity index (χ0v) is 20.5. The zero-order valence-electron chi connectivity index (χ0n) is 20.5. The number of benzene rings is 1. The van der Waals surface area contributed by atoms with Gasteiger partial charge in [0.25, 0.3) is 6.43 Å². The molecular formula is C27H26F5N5. The maximum absolute atomic E-state index is 13.6. The molecule has 5 nitrogen and oxygen atoms in total. The molecule has 1 N–H and O–H groups in total. The first-order valence-electron chi connectivity index (χ1n) is 11.7. The van der Waals surface area contributed by atoms with Crippen molar-refractivity contribution in [2.24, 2.45) is 5.92 Å². The van der Waals surface area contributed by atoms with Crippen LogP contribution in [0.1, 0.15) is 37.1 Å². The van der Waals surface area contributed by atoms with E-state index in [1.165, 1.54) is 30.5 Å². The van der Waals surface area contributed by atoms with Crippen LogP contribution < -0.4 is 5.32 Å². The Morgan fingerprint density at radius 3 is 2.35 bits per heavy atom. The van der Waals surface area contributed by atoms with Crippen LogP contribution in [0, 0.1) is 5.92 Å². The molecule has 3 heterocycles. The highest BCUT2D eigenvalue weighted by Crippen LogP contribution is 2.36. The normalized spacial score (nSPS) is 12.2. The molecule has 194 valence electrons. The number of aromatic nitrogens is 3. The molecule has 0 aliphatic rings. The molecule has 0 unspecified atom stereocenters. The Morgan fingerprint density at radius 1 is 0.973 bits per heavy atom. The van der Waals surface area contributed by atoms with Gasteiger partial charge in [0.05, 0.1) is 22.6 Å². The van der Waals surface area contributed by atoms with Crippen molar-refractivity contribution in [3.8, 4) is 11.4 Å². The molecule has 0 fully saturated rings.